The number of aryl methyl sites for hydroxylation is 2. The van der Waals surface area contributed by atoms with Gasteiger partial charge in [0.05, 0.1) is 0 Å². The fraction of sp³-hybridized carbons (Fsp3) is 0.438. The lowest BCUT2D eigenvalue weighted by Crippen LogP contribution is -2.49. The van der Waals surface area contributed by atoms with Crippen LogP contribution < -0.4 is 16.2 Å². The quantitative estimate of drug-likeness (QED) is 0.820. The van der Waals surface area contributed by atoms with Gasteiger partial charge in [-0.25, -0.2) is 0 Å². The highest BCUT2D eigenvalue weighted by molar-refractivity contribution is 5.76. The van der Waals surface area contributed by atoms with Crippen LogP contribution >= 0.6 is 0 Å². The summed E-state index contributed by atoms with van der Waals surface area (Å²) in [6, 6.07) is 5.45. The summed E-state index contributed by atoms with van der Waals surface area (Å²) in [4.78, 5) is 34.3. The normalized spacial score (nSPS) is 14.9. The zero-order valence-corrected chi connectivity index (χ0v) is 13.7. The average Bonchev–Trinajstić information content (AvgIpc) is 2.97. The number of anilines is 2. The fourth-order valence-corrected chi connectivity index (χ4v) is 2.96. The van der Waals surface area contributed by atoms with E-state index in [0.717, 1.165) is 12.1 Å². The maximum atomic E-state index is 12.4. The lowest BCUT2D eigenvalue weighted by atomic mass is 10.2. The summed E-state index contributed by atoms with van der Waals surface area (Å²) in [5, 5.41) is 0. The van der Waals surface area contributed by atoms with E-state index < -0.39 is 0 Å². The van der Waals surface area contributed by atoms with E-state index >= 15 is 0 Å². The van der Waals surface area contributed by atoms with Gasteiger partial charge < -0.3 is 20.1 Å². The highest BCUT2D eigenvalue weighted by Crippen LogP contribution is 2.13. The molecule has 1 fully saturated rings. The Hall–Kier alpha value is -2.77. The minimum Gasteiger partial charge on any atom is -0.369 e. The molecule has 3 rings (SSSR count). The van der Waals surface area contributed by atoms with Gasteiger partial charge in [-0.15, -0.1) is 0 Å². The first kappa shape index (κ1) is 16.1. The Balaban J connectivity index is 1.53. The van der Waals surface area contributed by atoms with Crippen molar-refractivity contribution in [1.82, 2.24) is 19.4 Å². The third kappa shape index (κ3) is 3.58. The van der Waals surface area contributed by atoms with E-state index in [4.69, 9.17) is 5.73 Å². The molecule has 0 atom stereocenters. The van der Waals surface area contributed by atoms with Gasteiger partial charge in [-0.05, 0) is 18.6 Å². The highest BCUT2D eigenvalue weighted by Gasteiger charge is 2.22. The van der Waals surface area contributed by atoms with Crippen LogP contribution in [0.4, 0.5) is 11.8 Å². The molecule has 0 aliphatic carbocycles. The molecule has 3 N–H and O–H groups in total. The molecule has 0 saturated carbocycles. The van der Waals surface area contributed by atoms with E-state index in [1.54, 1.807) is 0 Å². The largest absolute Gasteiger partial charge is 0.369 e. The third-order valence-corrected chi connectivity index (χ3v) is 4.35. The van der Waals surface area contributed by atoms with Crippen molar-refractivity contribution >= 4 is 17.7 Å². The molecule has 2 aromatic rings. The van der Waals surface area contributed by atoms with Crippen molar-refractivity contribution in [2.75, 3.05) is 36.8 Å². The molecule has 24 heavy (non-hydrogen) atoms. The number of aromatic nitrogens is 3. The second kappa shape index (κ2) is 6.77. The number of aromatic amines is 1. The molecule has 8 heteroatoms. The Morgan fingerprint density at radius 2 is 2.08 bits per heavy atom. The SMILES string of the molecule is Cn1cccc1CCC(=O)N1CCN(c2cc(=O)[nH]c(N)n2)CC1. The second-order valence-corrected chi connectivity index (χ2v) is 5.97. The monoisotopic (exact) mass is 330 g/mol. The summed E-state index contributed by atoms with van der Waals surface area (Å²) < 4.78 is 2.04. The van der Waals surface area contributed by atoms with Crippen molar-refractivity contribution in [2.45, 2.75) is 12.8 Å². The number of hydrogen-bond acceptors (Lipinski definition) is 5. The van der Waals surface area contributed by atoms with Gasteiger partial charge in [-0.1, -0.05) is 0 Å². The van der Waals surface area contributed by atoms with Gasteiger partial charge in [-0.3, -0.25) is 14.6 Å². The number of nitrogens with one attached hydrogen (secondary N) is 1. The Bertz CT molecular complexity index is 773. The molecular weight excluding hydrogens is 308 g/mol. The van der Waals surface area contributed by atoms with Crippen LogP contribution in [0.5, 0.6) is 0 Å². The molecule has 1 aliphatic rings. The predicted octanol–water partition coefficient (Wildman–Crippen LogP) is -0.0280. The van der Waals surface area contributed by atoms with Crippen molar-refractivity contribution in [2.24, 2.45) is 7.05 Å². The van der Waals surface area contributed by atoms with Gasteiger partial charge in [0.1, 0.15) is 5.82 Å². The maximum absolute atomic E-state index is 12.4. The first-order chi connectivity index (χ1) is 11.5. The van der Waals surface area contributed by atoms with Gasteiger partial charge in [0.25, 0.3) is 5.56 Å². The van der Waals surface area contributed by atoms with Crippen LogP contribution in [0.2, 0.25) is 0 Å². The number of carbonyl (C=O) groups excluding carboxylic acids is 1. The Morgan fingerprint density at radius 1 is 1.33 bits per heavy atom. The Kier molecular flexibility index (Phi) is 4.54. The van der Waals surface area contributed by atoms with Gasteiger partial charge in [0.2, 0.25) is 11.9 Å². The molecule has 0 aromatic carbocycles. The second-order valence-electron chi connectivity index (χ2n) is 5.97. The number of hydrogen-bond donors (Lipinski definition) is 2. The molecule has 0 radical (unpaired) electrons. The summed E-state index contributed by atoms with van der Waals surface area (Å²) in [6.07, 6.45) is 3.24. The topological polar surface area (TPSA) is 100 Å². The molecule has 8 nitrogen and oxygen atoms in total. The molecule has 0 spiro atoms. The van der Waals surface area contributed by atoms with E-state index in [1.807, 2.05) is 39.7 Å². The van der Waals surface area contributed by atoms with Crippen molar-refractivity contribution in [3.63, 3.8) is 0 Å². The van der Waals surface area contributed by atoms with Crippen LogP contribution in [0.3, 0.4) is 0 Å². The maximum Gasteiger partial charge on any atom is 0.254 e. The van der Waals surface area contributed by atoms with Crippen LogP contribution in [0.1, 0.15) is 12.1 Å². The number of amides is 1. The van der Waals surface area contributed by atoms with Crippen molar-refractivity contribution in [1.29, 1.82) is 0 Å². The highest BCUT2D eigenvalue weighted by atomic mass is 16.2. The van der Waals surface area contributed by atoms with Gasteiger partial charge in [0, 0.05) is 57.6 Å². The predicted molar refractivity (Wildman–Crippen MR) is 91.8 cm³/mol. The number of H-pyrrole nitrogens is 1. The van der Waals surface area contributed by atoms with Crippen molar-refractivity contribution in [3.8, 4) is 0 Å². The molecule has 2 aromatic heterocycles. The third-order valence-electron chi connectivity index (χ3n) is 4.35. The minimum atomic E-state index is -0.265. The summed E-state index contributed by atoms with van der Waals surface area (Å²) in [7, 11) is 1.98. The van der Waals surface area contributed by atoms with Gasteiger partial charge in [0.15, 0.2) is 0 Å². The smallest absolute Gasteiger partial charge is 0.254 e. The molecule has 128 valence electrons. The molecular formula is C16H22N6O2. The number of nitrogens with two attached hydrogens (primary N) is 1. The van der Waals surface area contributed by atoms with E-state index in [0.29, 0.717) is 38.4 Å². The summed E-state index contributed by atoms with van der Waals surface area (Å²) in [6.45, 7) is 2.54. The first-order valence-corrected chi connectivity index (χ1v) is 8.03. The molecule has 1 amide bonds. The minimum absolute atomic E-state index is 0.110. The first-order valence-electron chi connectivity index (χ1n) is 8.03. The molecule has 3 heterocycles. The van der Waals surface area contributed by atoms with Gasteiger partial charge in [-0.2, -0.15) is 4.98 Å². The zero-order valence-electron chi connectivity index (χ0n) is 13.7. The number of nitrogen functional groups attached to an aromatic ring is 1. The Labute approximate surface area is 139 Å². The van der Waals surface area contributed by atoms with Crippen molar-refractivity contribution in [3.05, 3.63) is 40.4 Å². The Morgan fingerprint density at radius 3 is 2.71 bits per heavy atom. The standard InChI is InChI=1S/C16H22N6O2/c1-20-6-2-3-12(20)4-5-15(24)22-9-7-21(8-10-22)13-11-14(23)19-16(17)18-13/h2-3,6,11H,4-5,7-10H2,1H3,(H3,17,18,19,23). The van der Waals surface area contributed by atoms with Crippen LogP contribution in [-0.4, -0.2) is 51.5 Å². The van der Waals surface area contributed by atoms with Crippen LogP contribution in [0, 0.1) is 0 Å². The average molecular weight is 330 g/mol. The van der Waals surface area contributed by atoms with E-state index in [2.05, 4.69) is 9.97 Å². The molecule has 1 aliphatic heterocycles. The van der Waals surface area contributed by atoms with Crippen LogP contribution in [0.25, 0.3) is 0 Å². The lowest BCUT2D eigenvalue weighted by molar-refractivity contribution is -0.131. The van der Waals surface area contributed by atoms with Crippen LogP contribution in [0.15, 0.2) is 29.2 Å². The summed E-state index contributed by atoms with van der Waals surface area (Å²) >= 11 is 0. The molecule has 1 saturated heterocycles. The van der Waals surface area contributed by atoms with Crippen LogP contribution in [-0.2, 0) is 18.3 Å². The zero-order chi connectivity index (χ0) is 17.1. The summed E-state index contributed by atoms with van der Waals surface area (Å²) in [5.41, 5.74) is 6.47. The lowest BCUT2D eigenvalue weighted by Gasteiger charge is -2.35. The molecule has 0 unspecified atom stereocenters. The van der Waals surface area contributed by atoms with Gasteiger partial charge >= 0.3 is 0 Å². The number of rotatable bonds is 4. The summed E-state index contributed by atoms with van der Waals surface area (Å²) in [5.74, 6) is 0.833. The van der Waals surface area contributed by atoms with Crippen molar-refractivity contribution < 1.29 is 4.79 Å². The molecule has 0 bridgehead atoms. The number of piperazine rings is 1. The fourth-order valence-electron chi connectivity index (χ4n) is 2.96. The number of carbonyl (C=O) groups is 1. The number of nitrogens with zero attached hydrogens (tertiary/aromatic N) is 4. The van der Waals surface area contributed by atoms with E-state index in [1.165, 1.54) is 6.07 Å². The van der Waals surface area contributed by atoms with E-state index in [9.17, 15) is 9.59 Å². The van der Waals surface area contributed by atoms with E-state index in [-0.39, 0.29) is 17.4 Å².